The van der Waals surface area contributed by atoms with Crippen LogP contribution in [0.15, 0.2) is 12.4 Å². The van der Waals surface area contributed by atoms with Crippen LogP contribution in [0.1, 0.15) is 39.2 Å². The molecule has 0 amide bonds. The summed E-state index contributed by atoms with van der Waals surface area (Å²) < 4.78 is 2.04. The molecule has 0 bridgehead atoms. The zero-order valence-corrected chi connectivity index (χ0v) is 9.46. The summed E-state index contributed by atoms with van der Waals surface area (Å²) in [6, 6.07) is 0. The van der Waals surface area contributed by atoms with Crippen molar-refractivity contribution in [2.24, 2.45) is 0 Å². The lowest BCUT2D eigenvalue weighted by Crippen LogP contribution is -2.25. The summed E-state index contributed by atoms with van der Waals surface area (Å²) in [5.41, 5.74) is 1.65. The SMILES string of the molecule is CNC1(c2cnn(C(C)(C)C)c2)CC1. The van der Waals surface area contributed by atoms with Crippen molar-refractivity contribution in [3.05, 3.63) is 18.0 Å². The third kappa shape index (κ3) is 1.46. The molecule has 0 atom stereocenters. The van der Waals surface area contributed by atoms with Gasteiger partial charge < -0.3 is 5.32 Å². The monoisotopic (exact) mass is 193 g/mol. The Morgan fingerprint density at radius 3 is 2.43 bits per heavy atom. The highest BCUT2D eigenvalue weighted by atomic mass is 15.3. The molecule has 1 aromatic heterocycles. The highest BCUT2D eigenvalue weighted by Gasteiger charge is 2.43. The van der Waals surface area contributed by atoms with E-state index in [1.807, 2.05) is 17.9 Å². The maximum absolute atomic E-state index is 4.42. The Labute approximate surface area is 85.5 Å². The Morgan fingerprint density at radius 2 is 2.07 bits per heavy atom. The Kier molecular flexibility index (Phi) is 1.96. The number of aromatic nitrogens is 2. The van der Waals surface area contributed by atoms with Crippen LogP contribution in [0.3, 0.4) is 0 Å². The first kappa shape index (κ1) is 9.71. The standard InChI is InChI=1S/C11H19N3/c1-10(2,3)14-8-9(7-13-14)11(12-4)5-6-11/h7-8,12H,5-6H2,1-4H3. The zero-order chi connectivity index (χ0) is 10.4. The molecule has 1 aliphatic rings. The Hall–Kier alpha value is -0.830. The lowest BCUT2D eigenvalue weighted by molar-refractivity contribution is 0.355. The van der Waals surface area contributed by atoms with Gasteiger partial charge in [0.25, 0.3) is 0 Å². The molecule has 1 heterocycles. The van der Waals surface area contributed by atoms with Crippen LogP contribution in [-0.2, 0) is 11.1 Å². The van der Waals surface area contributed by atoms with E-state index in [2.05, 4.69) is 37.4 Å². The number of nitrogens with zero attached hydrogens (tertiary/aromatic N) is 2. The third-order valence-corrected chi connectivity index (χ3v) is 3.05. The van der Waals surface area contributed by atoms with Crippen LogP contribution >= 0.6 is 0 Å². The predicted molar refractivity (Wildman–Crippen MR) is 57.2 cm³/mol. The van der Waals surface area contributed by atoms with E-state index in [4.69, 9.17) is 0 Å². The lowest BCUT2D eigenvalue weighted by Gasteiger charge is -2.19. The molecule has 0 radical (unpaired) electrons. The number of hydrogen-bond donors (Lipinski definition) is 1. The number of nitrogens with one attached hydrogen (secondary N) is 1. The van der Waals surface area contributed by atoms with E-state index in [-0.39, 0.29) is 11.1 Å². The molecule has 0 aliphatic heterocycles. The van der Waals surface area contributed by atoms with Crippen molar-refractivity contribution in [1.82, 2.24) is 15.1 Å². The minimum absolute atomic E-state index is 0.0854. The molecule has 78 valence electrons. The van der Waals surface area contributed by atoms with Gasteiger partial charge in [0.05, 0.1) is 11.7 Å². The van der Waals surface area contributed by atoms with E-state index in [0.29, 0.717) is 0 Å². The summed E-state index contributed by atoms with van der Waals surface area (Å²) in [7, 11) is 2.03. The average Bonchev–Trinajstić information content (AvgIpc) is 2.73. The van der Waals surface area contributed by atoms with Crippen LogP contribution in [0.25, 0.3) is 0 Å². The smallest absolute Gasteiger partial charge is 0.0543 e. The summed E-state index contributed by atoms with van der Waals surface area (Å²) in [6.07, 6.45) is 6.64. The van der Waals surface area contributed by atoms with Crippen molar-refractivity contribution in [1.29, 1.82) is 0 Å². The molecule has 0 unspecified atom stereocenters. The topological polar surface area (TPSA) is 29.9 Å². The van der Waals surface area contributed by atoms with E-state index in [1.54, 1.807) is 0 Å². The fourth-order valence-corrected chi connectivity index (χ4v) is 1.74. The number of rotatable bonds is 2. The predicted octanol–water partition coefficient (Wildman–Crippen LogP) is 1.85. The van der Waals surface area contributed by atoms with Gasteiger partial charge in [0, 0.05) is 17.3 Å². The summed E-state index contributed by atoms with van der Waals surface area (Å²) in [5, 5.41) is 7.80. The van der Waals surface area contributed by atoms with Crippen molar-refractivity contribution < 1.29 is 0 Å². The van der Waals surface area contributed by atoms with E-state index >= 15 is 0 Å². The van der Waals surface area contributed by atoms with Crippen LogP contribution in [0.5, 0.6) is 0 Å². The quantitative estimate of drug-likeness (QED) is 0.776. The molecule has 1 aromatic rings. The summed E-state index contributed by atoms with van der Waals surface area (Å²) in [5.74, 6) is 0. The molecule has 3 heteroatoms. The highest BCUT2D eigenvalue weighted by molar-refractivity contribution is 5.25. The molecular weight excluding hydrogens is 174 g/mol. The second-order valence-corrected chi connectivity index (χ2v) is 5.18. The molecule has 1 saturated carbocycles. The summed E-state index contributed by atoms with van der Waals surface area (Å²) in [4.78, 5) is 0. The first-order valence-electron chi connectivity index (χ1n) is 5.22. The molecule has 14 heavy (non-hydrogen) atoms. The van der Waals surface area contributed by atoms with Gasteiger partial charge in [0.2, 0.25) is 0 Å². The first-order chi connectivity index (χ1) is 6.48. The van der Waals surface area contributed by atoms with E-state index in [9.17, 15) is 0 Å². The van der Waals surface area contributed by atoms with Crippen molar-refractivity contribution in [3.63, 3.8) is 0 Å². The highest BCUT2D eigenvalue weighted by Crippen LogP contribution is 2.45. The van der Waals surface area contributed by atoms with E-state index < -0.39 is 0 Å². The lowest BCUT2D eigenvalue weighted by atomic mass is 10.1. The van der Waals surface area contributed by atoms with Gasteiger partial charge >= 0.3 is 0 Å². The van der Waals surface area contributed by atoms with Crippen molar-refractivity contribution >= 4 is 0 Å². The second kappa shape index (κ2) is 2.83. The van der Waals surface area contributed by atoms with Crippen LogP contribution < -0.4 is 5.32 Å². The van der Waals surface area contributed by atoms with Gasteiger partial charge in [-0.1, -0.05) is 0 Å². The number of hydrogen-bond acceptors (Lipinski definition) is 2. The minimum atomic E-state index is 0.0854. The molecule has 2 rings (SSSR count). The summed E-state index contributed by atoms with van der Waals surface area (Å²) >= 11 is 0. The molecule has 0 saturated heterocycles. The normalized spacial score (nSPS) is 19.7. The van der Waals surface area contributed by atoms with Gasteiger partial charge in [0.1, 0.15) is 0 Å². The van der Waals surface area contributed by atoms with Crippen molar-refractivity contribution in [2.45, 2.75) is 44.7 Å². The van der Waals surface area contributed by atoms with Gasteiger partial charge in [-0.15, -0.1) is 0 Å². The van der Waals surface area contributed by atoms with Crippen LogP contribution in [0.2, 0.25) is 0 Å². The Morgan fingerprint density at radius 1 is 1.43 bits per heavy atom. The zero-order valence-electron chi connectivity index (χ0n) is 9.46. The average molecular weight is 193 g/mol. The molecule has 1 aliphatic carbocycles. The van der Waals surface area contributed by atoms with Gasteiger partial charge in [0.15, 0.2) is 0 Å². The van der Waals surface area contributed by atoms with Gasteiger partial charge in [-0.25, -0.2) is 0 Å². The van der Waals surface area contributed by atoms with E-state index in [0.717, 1.165) is 0 Å². The minimum Gasteiger partial charge on any atom is -0.310 e. The van der Waals surface area contributed by atoms with Gasteiger partial charge in [-0.2, -0.15) is 5.10 Å². The third-order valence-electron chi connectivity index (χ3n) is 3.05. The Bertz CT molecular complexity index is 329. The molecule has 1 N–H and O–H groups in total. The van der Waals surface area contributed by atoms with Gasteiger partial charge in [-0.05, 0) is 40.7 Å². The van der Waals surface area contributed by atoms with Crippen LogP contribution in [0, 0.1) is 0 Å². The van der Waals surface area contributed by atoms with Crippen molar-refractivity contribution in [2.75, 3.05) is 7.05 Å². The maximum atomic E-state index is 4.42. The van der Waals surface area contributed by atoms with Crippen LogP contribution in [-0.4, -0.2) is 16.8 Å². The largest absolute Gasteiger partial charge is 0.310 e. The van der Waals surface area contributed by atoms with Crippen LogP contribution in [0.4, 0.5) is 0 Å². The molecule has 0 aromatic carbocycles. The maximum Gasteiger partial charge on any atom is 0.0543 e. The van der Waals surface area contributed by atoms with Gasteiger partial charge in [-0.3, -0.25) is 4.68 Å². The van der Waals surface area contributed by atoms with Crippen molar-refractivity contribution in [3.8, 4) is 0 Å². The molecule has 0 spiro atoms. The first-order valence-corrected chi connectivity index (χ1v) is 5.22. The fourth-order valence-electron chi connectivity index (χ4n) is 1.74. The molecule has 3 nitrogen and oxygen atoms in total. The second-order valence-electron chi connectivity index (χ2n) is 5.18. The Balaban J connectivity index is 2.27. The molecular formula is C11H19N3. The van der Waals surface area contributed by atoms with E-state index in [1.165, 1.54) is 18.4 Å². The summed E-state index contributed by atoms with van der Waals surface area (Å²) in [6.45, 7) is 6.51. The molecule has 1 fully saturated rings. The fraction of sp³-hybridized carbons (Fsp3) is 0.727.